The van der Waals surface area contributed by atoms with E-state index in [9.17, 15) is 9.50 Å². The molecule has 0 atom stereocenters. The molecule has 0 heterocycles. The van der Waals surface area contributed by atoms with Crippen LogP contribution in [-0.4, -0.2) is 12.2 Å². The first kappa shape index (κ1) is 14.3. The topological polar surface area (TPSA) is 38.7 Å². The third-order valence-electron chi connectivity index (χ3n) is 3.14. The summed E-state index contributed by atoms with van der Waals surface area (Å²) < 4.78 is 24.0. The summed E-state index contributed by atoms with van der Waals surface area (Å²) in [6, 6.07) is 9.79. The molecule has 1 N–H and O–H groups in total. The molecule has 2 aromatic rings. The average molecular weight is 276 g/mol. The first-order chi connectivity index (χ1) is 9.63. The highest BCUT2D eigenvalue weighted by Gasteiger charge is 2.07. The zero-order valence-electron chi connectivity index (χ0n) is 11.5. The van der Waals surface area contributed by atoms with Gasteiger partial charge in [-0.3, -0.25) is 0 Å². The van der Waals surface area contributed by atoms with Crippen LogP contribution in [0.3, 0.4) is 0 Å². The highest BCUT2D eigenvalue weighted by atomic mass is 19.1. The molecule has 106 valence electrons. The normalized spacial score (nSPS) is 10.4. The van der Waals surface area contributed by atoms with Gasteiger partial charge in [-0.05, 0) is 42.3 Å². The Morgan fingerprint density at radius 1 is 1.10 bits per heavy atom. The average Bonchev–Trinajstić information content (AvgIpc) is 2.47. The van der Waals surface area contributed by atoms with Crippen molar-refractivity contribution in [2.75, 3.05) is 7.11 Å². The molecule has 4 heteroatoms. The Labute approximate surface area is 117 Å². The summed E-state index contributed by atoms with van der Waals surface area (Å²) in [7, 11) is 1.56. The molecule has 0 aliphatic carbocycles. The van der Waals surface area contributed by atoms with E-state index in [1.807, 2.05) is 6.92 Å². The Morgan fingerprint density at radius 2 is 1.90 bits per heavy atom. The fraction of sp³-hybridized carbons (Fsp3) is 0.250. The van der Waals surface area contributed by atoms with Gasteiger partial charge in [-0.2, -0.15) is 0 Å². The minimum absolute atomic E-state index is 0.124. The number of benzene rings is 2. The van der Waals surface area contributed by atoms with Gasteiger partial charge in [-0.25, -0.2) is 4.39 Å². The summed E-state index contributed by atoms with van der Waals surface area (Å²) in [5.41, 5.74) is 2.40. The van der Waals surface area contributed by atoms with E-state index in [1.165, 1.54) is 12.1 Å². The highest BCUT2D eigenvalue weighted by molar-refractivity contribution is 5.40. The lowest BCUT2D eigenvalue weighted by atomic mass is 10.1. The number of aryl methyl sites for hydroxylation is 1. The van der Waals surface area contributed by atoms with Crippen LogP contribution in [0.4, 0.5) is 4.39 Å². The maximum Gasteiger partial charge on any atom is 0.129 e. The lowest BCUT2D eigenvalue weighted by Crippen LogP contribution is -2.01. The minimum Gasteiger partial charge on any atom is -0.497 e. The molecule has 0 aliphatic rings. The van der Waals surface area contributed by atoms with Crippen LogP contribution in [0.1, 0.15) is 16.7 Å². The Kier molecular flexibility index (Phi) is 4.58. The van der Waals surface area contributed by atoms with Gasteiger partial charge < -0.3 is 14.6 Å². The SMILES string of the molecule is COc1ccc(CO)c(OCc2cc(F)ccc2C)c1. The van der Waals surface area contributed by atoms with Gasteiger partial charge >= 0.3 is 0 Å². The van der Waals surface area contributed by atoms with Gasteiger partial charge in [0.25, 0.3) is 0 Å². The van der Waals surface area contributed by atoms with E-state index < -0.39 is 0 Å². The number of rotatable bonds is 5. The van der Waals surface area contributed by atoms with E-state index in [4.69, 9.17) is 9.47 Å². The molecular formula is C16H17FO3. The fourth-order valence-corrected chi connectivity index (χ4v) is 1.88. The van der Waals surface area contributed by atoms with Crippen LogP contribution in [0.15, 0.2) is 36.4 Å². The van der Waals surface area contributed by atoms with Crippen LogP contribution < -0.4 is 9.47 Å². The van der Waals surface area contributed by atoms with Crippen molar-refractivity contribution < 1.29 is 19.0 Å². The van der Waals surface area contributed by atoms with Crippen molar-refractivity contribution in [2.45, 2.75) is 20.1 Å². The third kappa shape index (κ3) is 3.27. The summed E-state index contributed by atoms with van der Waals surface area (Å²) in [6.07, 6.45) is 0. The molecular weight excluding hydrogens is 259 g/mol. The molecule has 0 spiro atoms. The van der Waals surface area contributed by atoms with Crippen molar-refractivity contribution in [1.82, 2.24) is 0 Å². The van der Waals surface area contributed by atoms with E-state index in [1.54, 1.807) is 31.4 Å². The van der Waals surface area contributed by atoms with Crippen LogP contribution >= 0.6 is 0 Å². The van der Waals surface area contributed by atoms with Gasteiger partial charge in [-0.1, -0.05) is 6.07 Å². The molecule has 0 saturated carbocycles. The molecule has 3 nitrogen and oxygen atoms in total. The van der Waals surface area contributed by atoms with Crippen molar-refractivity contribution in [3.63, 3.8) is 0 Å². The Morgan fingerprint density at radius 3 is 2.60 bits per heavy atom. The van der Waals surface area contributed by atoms with Crippen LogP contribution in [0.2, 0.25) is 0 Å². The number of methoxy groups -OCH3 is 1. The van der Waals surface area contributed by atoms with Gasteiger partial charge in [0.15, 0.2) is 0 Å². The van der Waals surface area contributed by atoms with Crippen molar-refractivity contribution >= 4 is 0 Å². The first-order valence-electron chi connectivity index (χ1n) is 6.29. The summed E-state index contributed by atoms with van der Waals surface area (Å²) in [6.45, 7) is 2.02. The van der Waals surface area contributed by atoms with E-state index >= 15 is 0 Å². The van der Waals surface area contributed by atoms with Crippen molar-refractivity contribution in [3.8, 4) is 11.5 Å². The molecule has 2 rings (SSSR count). The van der Waals surface area contributed by atoms with Crippen molar-refractivity contribution in [1.29, 1.82) is 0 Å². The molecule has 0 amide bonds. The summed E-state index contributed by atoms with van der Waals surface area (Å²) >= 11 is 0. The van der Waals surface area contributed by atoms with Gasteiger partial charge in [-0.15, -0.1) is 0 Å². The standard InChI is InChI=1S/C16H17FO3/c1-11-3-5-14(17)7-13(11)10-20-16-8-15(19-2)6-4-12(16)9-18/h3-8,18H,9-10H2,1-2H3. The smallest absolute Gasteiger partial charge is 0.129 e. The van der Waals surface area contributed by atoms with Gasteiger partial charge in [0.1, 0.15) is 23.9 Å². The number of halogens is 1. The molecule has 0 fully saturated rings. The molecule has 0 aliphatic heterocycles. The summed E-state index contributed by atoms with van der Waals surface area (Å²) in [5, 5.41) is 9.30. The van der Waals surface area contributed by atoms with Crippen molar-refractivity contribution in [2.24, 2.45) is 0 Å². The lowest BCUT2D eigenvalue weighted by molar-refractivity contribution is 0.257. The second-order valence-corrected chi connectivity index (χ2v) is 4.49. The lowest BCUT2D eigenvalue weighted by Gasteiger charge is -2.13. The predicted molar refractivity (Wildman–Crippen MR) is 74.4 cm³/mol. The second-order valence-electron chi connectivity index (χ2n) is 4.49. The molecule has 0 bridgehead atoms. The second kappa shape index (κ2) is 6.39. The van der Waals surface area contributed by atoms with Gasteiger partial charge in [0.05, 0.1) is 13.7 Å². The van der Waals surface area contributed by atoms with Crippen molar-refractivity contribution in [3.05, 3.63) is 58.9 Å². The molecule has 0 saturated heterocycles. The van der Waals surface area contributed by atoms with Crippen LogP contribution in [0.5, 0.6) is 11.5 Å². The predicted octanol–water partition coefficient (Wildman–Crippen LogP) is 3.21. The third-order valence-corrected chi connectivity index (χ3v) is 3.14. The molecule has 0 aromatic heterocycles. The number of aliphatic hydroxyl groups excluding tert-OH is 1. The van der Waals surface area contributed by atoms with E-state index in [0.717, 1.165) is 11.1 Å². The quantitative estimate of drug-likeness (QED) is 0.911. The highest BCUT2D eigenvalue weighted by Crippen LogP contribution is 2.26. The van der Waals surface area contributed by atoms with Crippen LogP contribution in [0.25, 0.3) is 0 Å². The zero-order valence-corrected chi connectivity index (χ0v) is 11.5. The molecule has 20 heavy (non-hydrogen) atoms. The fourth-order valence-electron chi connectivity index (χ4n) is 1.88. The molecule has 0 unspecified atom stereocenters. The minimum atomic E-state index is -0.290. The van der Waals surface area contributed by atoms with E-state index in [-0.39, 0.29) is 19.0 Å². The maximum atomic E-state index is 13.2. The largest absolute Gasteiger partial charge is 0.497 e. The maximum absolute atomic E-state index is 13.2. The molecule has 0 radical (unpaired) electrons. The number of aliphatic hydroxyl groups is 1. The Balaban J connectivity index is 2.19. The van der Waals surface area contributed by atoms with E-state index in [2.05, 4.69) is 0 Å². The zero-order chi connectivity index (χ0) is 14.5. The summed E-state index contributed by atoms with van der Waals surface area (Å²) in [5.74, 6) is 0.894. The van der Waals surface area contributed by atoms with E-state index in [0.29, 0.717) is 17.1 Å². The monoisotopic (exact) mass is 276 g/mol. The van der Waals surface area contributed by atoms with Gasteiger partial charge in [0.2, 0.25) is 0 Å². The Hall–Kier alpha value is -2.07. The molecule has 2 aromatic carbocycles. The van der Waals surface area contributed by atoms with Crippen LogP contribution in [-0.2, 0) is 13.2 Å². The van der Waals surface area contributed by atoms with Crippen LogP contribution in [0, 0.1) is 12.7 Å². The first-order valence-corrected chi connectivity index (χ1v) is 6.29. The summed E-state index contributed by atoms with van der Waals surface area (Å²) in [4.78, 5) is 0. The number of ether oxygens (including phenoxy) is 2. The van der Waals surface area contributed by atoms with Gasteiger partial charge in [0, 0.05) is 11.6 Å². The number of hydrogen-bond acceptors (Lipinski definition) is 3. The Bertz CT molecular complexity index is 596. The number of hydrogen-bond donors (Lipinski definition) is 1.